The molecule has 1 aromatic heterocycles. The van der Waals surface area contributed by atoms with Gasteiger partial charge in [0.25, 0.3) is 5.91 Å². The number of halogens is 3. The fraction of sp³-hybridized carbons (Fsp3) is 0.400. The van der Waals surface area contributed by atoms with Crippen LogP contribution in [0.4, 0.5) is 18.9 Å². The van der Waals surface area contributed by atoms with Crippen molar-refractivity contribution in [3.8, 4) is 0 Å². The Hall–Kier alpha value is -1.87. The molecule has 19 heavy (non-hydrogen) atoms. The average Bonchev–Trinajstić information content (AvgIpc) is 2.36. The molecule has 1 rings (SSSR count). The second kappa shape index (κ2) is 6.34. The summed E-state index contributed by atoms with van der Waals surface area (Å²) in [6, 6.07) is 2.66. The molecule has 0 atom stereocenters. The molecule has 106 valence electrons. The Bertz CT molecular complexity index is 422. The minimum Gasteiger partial charge on any atom is -0.395 e. The third kappa shape index (κ3) is 4.72. The number of hydrogen-bond donors (Lipinski definition) is 3. The lowest BCUT2D eigenvalue weighted by Crippen LogP contribution is -2.41. The number of rotatable bonds is 5. The average molecular weight is 278 g/mol. The summed E-state index contributed by atoms with van der Waals surface area (Å²) in [4.78, 5) is 16.0. The highest BCUT2D eigenvalue weighted by atomic mass is 19.4. The number of nitrogens with one attached hydrogen (secondary N) is 1. The number of aliphatic hydroxyl groups excluding tert-OH is 1. The normalized spacial score (nSPS) is 11.2. The predicted octanol–water partition coefficient (Wildman–Crippen LogP) is 0.364. The third-order valence-electron chi connectivity index (χ3n) is 2.18. The Balaban J connectivity index is 2.85. The zero-order valence-electron chi connectivity index (χ0n) is 9.81. The van der Waals surface area contributed by atoms with Crippen molar-refractivity contribution in [3.05, 3.63) is 24.0 Å². The molecule has 1 heterocycles. The molecule has 4 N–H and O–H groups in total. The summed E-state index contributed by atoms with van der Waals surface area (Å²) >= 11 is 0. The number of nitrogens with zero attached hydrogens (tertiary/aromatic N) is 2. The number of carbonyl (C=O) groups is 1. The highest BCUT2D eigenvalue weighted by molar-refractivity contribution is 5.92. The van der Waals surface area contributed by atoms with Crippen LogP contribution in [-0.4, -0.2) is 46.8 Å². The van der Waals surface area contributed by atoms with Gasteiger partial charge in [0.1, 0.15) is 12.2 Å². The predicted molar refractivity (Wildman–Crippen MR) is 61.1 cm³/mol. The van der Waals surface area contributed by atoms with Crippen molar-refractivity contribution in [2.24, 2.45) is 5.84 Å². The van der Waals surface area contributed by atoms with E-state index in [4.69, 9.17) is 10.9 Å². The number of pyridine rings is 1. The van der Waals surface area contributed by atoms with E-state index in [1.807, 2.05) is 0 Å². The molecule has 1 amide bonds. The van der Waals surface area contributed by atoms with E-state index in [0.717, 1.165) is 0 Å². The first-order valence-corrected chi connectivity index (χ1v) is 5.27. The van der Waals surface area contributed by atoms with Gasteiger partial charge in [-0.2, -0.15) is 13.2 Å². The standard InChI is InChI=1S/C10H13F3N4O2/c11-10(12,13)6-17(3-4-18)9(19)8-2-1-7(16-14)5-15-8/h1-2,5,16,18H,3-4,6,14H2. The fourth-order valence-corrected chi connectivity index (χ4v) is 1.36. The Morgan fingerprint density at radius 3 is 2.58 bits per heavy atom. The van der Waals surface area contributed by atoms with Crippen LogP contribution in [0.2, 0.25) is 0 Å². The summed E-state index contributed by atoms with van der Waals surface area (Å²) in [5.41, 5.74) is 2.54. The molecular weight excluding hydrogens is 265 g/mol. The minimum absolute atomic E-state index is 0.156. The van der Waals surface area contributed by atoms with Gasteiger partial charge >= 0.3 is 6.18 Å². The van der Waals surface area contributed by atoms with Crippen molar-refractivity contribution in [2.75, 3.05) is 25.1 Å². The lowest BCUT2D eigenvalue weighted by atomic mass is 10.3. The molecule has 0 aliphatic heterocycles. The Labute approximate surface area is 107 Å². The molecule has 0 aromatic carbocycles. The Morgan fingerprint density at radius 1 is 1.47 bits per heavy atom. The van der Waals surface area contributed by atoms with Crippen LogP contribution in [0.5, 0.6) is 0 Å². The quantitative estimate of drug-likeness (QED) is 0.534. The van der Waals surface area contributed by atoms with Crippen LogP contribution >= 0.6 is 0 Å². The van der Waals surface area contributed by atoms with E-state index < -0.39 is 31.8 Å². The number of carbonyl (C=O) groups excluding carboxylic acids is 1. The van der Waals surface area contributed by atoms with Gasteiger partial charge < -0.3 is 15.4 Å². The van der Waals surface area contributed by atoms with Crippen molar-refractivity contribution in [3.63, 3.8) is 0 Å². The van der Waals surface area contributed by atoms with Crippen LogP contribution < -0.4 is 11.3 Å². The highest BCUT2D eigenvalue weighted by Crippen LogP contribution is 2.17. The van der Waals surface area contributed by atoms with Gasteiger partial charge in [0.2, 0.25) is 0 Å². The summed E-state index contributed by atoms with van der Waals surface area (Å²) in [6.07, 6.45) is -3.32. The first-order valence-electron chi connectivity index (χ1n) is 5.27. The van der Waals surface area contributed by atoms with Gasteiger partial charge in [0, 0.05) is 6.54 Å². The van der Waals surface area contributed by atoms with Gasteiger partial charge in [-0.05, 0) is 12.1 Å². The molecule has 0 saturated carbocycles. The zero-order valence-corrected chi connectivity index (χ0v) is 9.81. The number of aromatic nitrogens is 1. The van der Waals surface area contributed by atoms with E-state index >= 15 is 0 Å². The largest absolute Gasteiger partial charge is 0.406 e. The van der Waals surface area contributed by atoms with Crippen molar-refractivity contribution in [1.29, 1.82) is 0 Å². The second-order valence-electron chi connectivity index (χ2n) is 3.64. The smallest absolute Gasteiger partial charge is 0.395 e. The van der Waals surface area contributed by atoms with Crippen molar-refractivity contribution in [1.82, 2.24) is 9.88 Å². The zero-order chi connectivity index (χ0) is 14.5. The number of nitrogens with two attached hydrogens (primary N) is 1. The highest BCUT2D eigenvalue weighted by Gasteiger charge is 2.33. The molecule has 0 fully saturated rings. The van der Waals surface area contributed by atoms with Crippen LogP contribution in [0, 0.1) is 0 Å². The summed E-state index contributed by atoms with van der Waals surface area (Å²) in [6.45, 7) is -2.42. The molecule has 0 aliphatic carbocycles. The monoisotopic (exact) mass is 278 g/mol. The number of anilines is 1. The maximum absolute atomic E-state index is 12.3. The first-order chi connectivity index (χ1) is 8.87. The van der Waals surface area contributed by atoms with Gasteiger partial charge in [-0.3, -0.25) is 10.6 Å². The molecule has 1 aromatic rings. The number of amides is 1. The summed E-state index contributed by atoms with van der Waals surface area (Å²) in [7, 11) is 0. The maximum atomic E-state index is 12.3. The van der Waals surface area contributed by atoms with Gasteiger partial charge in [-0.15, -0.1) is 0 Å². The number of hydrogen-bond acceptors (Lipinski definition) is 5. The van der Waals surface area contributed by atoms with Gasteiger partial charge in [-0.25, -0.2) is 4.98 Å². The van der Waals surface area contributed by atoms with E-state index in [9.17, 15) is 18.0 Å². The van der Waals surface area contributed by atoms with E-state index in [2.05, 4.69) is 10.4 Å². The molecule has 0 aliphatic rings. The van der Waals surface area contributed by atoms with Gasteiger partial charge in [0.15, 0.2) is 0 Å². The molecule has 9 heteroatoms. The van der Waals surface area contributed by atoms with Gasteiger partial charge in [0.05, 0.1) is 18.5 Å². The Morgan fingerprint density at radius 2 is 2.16 bits per heavy atom. The maximum Gasteiger partial charge on any atom is 0.406 e. The van der Waals surface area contributed by atoms with Crippen molar-refractivity contribution >= 4 is 11.6 Å². The van der Waals surface area contributed by atoms with Crippen LogP contribution in [-0.2, 0) is 0 Å². The SMILES string of the molecule is NNc1ccc(C(=O)N(CCO)CC(F)(F)F)nc1. The molecule has 0 radical (unpaired) electrons. The number of nitrogen functional groups attached to an aromatic ring is 1. The Kier molecular flexibility index (Phi) is 5.07. The van der Waals surface area contributed by atoms with Crippen molar-refractivity contribution in [2.45, 2.75) is 6.18 Å². The van der Waals surface area contributed by atoms with Crippen LogP contribution in [0.1, 0.15) is 10.5 Å². The molecule has 0 saturated heterocycles. The van der Waals surface area contributed by atoms with E-state index in [0.29, 0.717) is 10.6 Å². The molecule has 0 bridgehead atoms. The topological polar surface area (TPSA) is 91.5 Å². The fourth-order valence-electron chi connectivity index (χ4n) is 1.36. The lowest BCUT2D eigenvalue weighted by Gasteiger charge is -2.22. The van der Waals surface area contributed by atoms with Gasteiger partial charge in [-0.1, -0.05) is 0 Å². The first kappa shape index (κ1) is 15.2. The van der Waals surface area contributed by atoms with Crippen molar-refractivity contribution < 1.29 is 23.1 Å². The number of alkyl halides is 3. The number of hydrazine groups is 1. The molecular formula is C10H13F3N4O2. The molecule has 0 spiro atoms. The summed E-state index contributed by atoms with van der Waals surface area (Å²) < 4.78 is 36.9. The lowest BCUT2D eigenvalue weighted by molar-refractivity contribution is -0.141. The molecule has 6 nitrogen and oxygen atoms in total. The third-order valence-corrected chi connectivity index (χ3v) is 2.18. The number of aliphatic hydroxyl groups is 1. The van der Waals surface area contributed by atoms with Crippen LogP contribution in [0.15, 0.2) is 18.3 Å². The van der Waals surface area contributed by atoms with E-state index in [1.165, 1.54) is 18.3 Å². The van der Waals surface area contributed by atoms with E-state index in [-0.39, 0.29) is 5.69 Å². The second-order valence-corrected chi connectivity index (χ2v) is 3.64. The summed E-state index contributed by atoms with van der Waals surface area (Å²) in [5.74, 6) is 4.19. The van der Waals surface area contributed by atoms with Crippen LogP contribution in [0.25, 0.3) is 0 Å². The minimum atomic E-state index is -4.54. The van der Waals surface area contributed by atoms with E-state index in [1.54, 1.807) is 0 Å². The van der Waals surface area contributed by atoms with Crippen LogP contribution in [0.3, 0.4) is 0 Å². The molecule has 0 unspecified atom stereocenters. The summed E-state index contributed by atoms with van der Waals surface area (Å²) in [5, 5.41) is 8.70.